The number of alkyl halides is 3. The van der Waals surface area contributed by atoms with Crippen LogP contribution in [0.1, 0.15) is 28.4 Å². The fourth-order valence-corrected chi connectivity index (χ4v) is 3.98. The topological polar surface area (TPSA) is 79.3 Å². The molecule has 198 valence electrons. The van der Waals surface area contributed by atoms with Gasteiger partial charge in [-0.2, -0.15) is 18.3 Å². The van der Waals surface area contributed by atoms with Crippen molar-refractivity contribution in [1.29, 1.82) is 0 Å². The molecule has 0 spiro atoms. The molecular formula is C27H25ClF3N5O2. The fourth-order valence-electron chi connectivity index (χ4n) is 3.77. The van der Waals surface area contributed by atoms with Crippen LogP contribution >= 0.6 is 11.6 Å². The lowest BCUT2D eigenvalue weighted by molar-refractivity contribution is -0.137. The van der Waals surface area contributed by atoms with Crippen LogP contribution in [0.5, 0.6) is 0 Å². The van der Waals surface area contributed by atoms with Crippen molar-refractivity contribution in [1.82, 2.24) is 20.0 Å². The van der Waals surface area contributed by atoms with Gasteiger partial charge in [0.1, 0.15) is 0 Å². The number of benzene rings is 3. The van der Waals surface area contributed by atoms with Gasteiger partial charge in [0, 0.05) is 11.9 Å². The fraction of sp³-hybridized carbons (Fsp3) is 0.222. The van der Waals surface area contributed by atoms with Crippen molar-refractivity contribution in [3.05, 3.63) is 88.6 Å². The molecule has 7 nitrogen and oxygen atoms in total. The summed E-state index contributed by atoms with van der Waals surface area (Å²) >= 11 is 6.31. The van der Waals surface area contributed by atoms with E-state index < -0.39 is 17.6 Å². The van der Waals surface area contributed by atoms with Crippen molar-refractivity contribution in [3.8, 4) is 5.69 Å². The first-order valence-corrected chi connectivity index (χ1v) is 12.0. The van der Waals surface area contributed by atoms with Crippen LogP contribution in [0.15, 0.2) is 66.9 Å². The molecule has 0 radical (unpaired) electrons. The van der Waals surface area contributed by atoms with Gasteiger partial charge in [-0.15, -0.1) is 0 Å². The van der Waals surface area contributed by atoms with Crippen LogP contribution in [0, 0.1) is 0 Å². The molecule has 11 heteroatoms. The van der Waals surface area contributed by atoms with Crippen LogP contribution in [0.2, 0.25) is 5.02 Å². The molecule has 0 fully saturated rings. The van der Waals surface area contributed by atoms with Gasteiger partial charge in [-0.3, -0.25) is 14.5 Å². The molecule has 38 heavy (non-hydrogen) atoms. The summed E-state index contributed by atoms with van der Waals surface area (Å²) in [7, 11) is 3.62. The average Bonchev–Trinajstić information content (AvgIpc) is 3.32. The van der Waals surface area contributed by atoms with E-state index in [1.54, 1.807) is 48.2 Å². The highest BCUT2D eigenvalue weighted by molar-refractivity contribution is 6.34. The lowest BCUT2D eigenvalue weighted by Crippen LogP contribution is -2.41. The van der Waals surface area contributed by atoms with Crippen molar-refractivity contribution in [3.63, 3.8) is 0 Å². The van der Waals surface area contributed by atoms with Crippen LogP contribution in [0.25, 0.3) is 16.6 Å². The standard InChI is InChI=1S/C27H25ClF3N5O2/c1-16(35(2)3)25(37)32-14-17-7-12-22(28)20(13-17)26(38)34-23-5-4-6-24-21(23)15-33-36(24)19-10-8-18(9-11-19)27(29,30)31/h4-13,15-16H,14H2,1-3H3,(H,32,37)(H,34,38). The molecule has 3 aromatic carbocycles. The maximum absolute atomic E-state index is 13.2. The van der Waals surface area contributed by atoms with E-state index in [9.17, 15) is 22.8 Å². The zero-order valence-corrected chi connectivity index (χ0v) is 21.6. The number of aromatic nitrogens is 2. The predicted octanol–water partition coefficient (Wildman–Crippen LogP) is 5.52. The zero-order valence-electron chi connectivity index (χ0n) is 20.8. The minimum atomic E-state index is -4.43. The molecule has 1 aromatic heterocycles. The normalized spacial score (nSPS) is 12.5. The third-order valence-corrected chi connectivity index (χ3v) is 6.53. The summed E-state index contributed by atoms with van der Waals surface area (Å²) in [5, 5.41) is 10.8. The Kier molecular flexibility index (Phi) is 7.75. The van der Waals surface area contributed by atoms with Gasteiger partial charge < -0.3 is 10.6 Å². The zero-order chi connectivity index (χ0) is 27.6. The number of carbonyl (C=O) groups excluding carboxylic acids is 2. The molecule has 4 rings (SSSR count). The first kappa shape index (κ1) is 27.2. The smallest absolute Gasteiger partial charge is 0.351 e. The van der Waals surface area contributed by atoms with E-state index >= 15 is 0 Å². The Bertz CT molecular complexity index is 1480. The van der Waals surface area contributed by atoms with Crippen LogP contribution in [0.3, 0.4) is 0 Å². The largest absolute Gasteiger partial charge is 0.416 e. The van der Waals surface area contributed by atoms with Crippen molar-refractivity contribution in [2.45, 2.75) is 25.7 Å². The van der Waals surface area contributed by atoms with Gasteiger partial charge in [0.2, 0.25) is 5.91 Å². The highest BCUT2D eigenvalue weighted by Gasteiger charge is 2.30. The van der Waals surface area contributed by atoms with Crippen LogP contribution in [-0.4, -0.2) is 46.6 Å². The number of anilines is 1. The Balaban J connectivity index is 1.55. The highest BCUT2D eigenvalue weighted by Crippen LogP contribution is 2.31. The number of amides is 2. The van der Waals surface area contributed by atoms with Gasteiger partial charge in [0.25, 0.3) is 5.91 Å². The van der Waals surface area contributed by atoms with E-state index in [-0.39, 0.29) is 29.1 Å². The van der Waals surface area contributed by atoms with E-state index in [2.05, 4.69) is 15.7 Å². The summed E-state index contributed by atoms with van der Waals surface area (Å²) in [5.41, 5.74) is 1.67. The number of nitrogens with zero attached hydrogens (tertiary/aromatic N) is 3. The third-order valence-electron chi connectivity index (χ3n) is 6.20. The van der Waals surface area contributed by atoms with E-state index in [1.807, 2.05) is 14.1 Å². The second-order valence-electron chi connectivity index (χ2n) is 8.97. The molecule has 0 aliphatic rings. The Morgan fingerprint density at radius 1 is 1.08 bits per heavy atom. The van der Waals surface area contributed by atoms with Gasteiger partial charge in [0.05, 0.1) is 45.3 Å². The number of nitrogens with one attached hydrogen (secondary N) is 2. The summed E-state index contributed by atoms with van der Waals surface area (Å²) in [6.45, 7) is 2.01. The number of fused-ring (bicyclic) bond motifs is 1. The molecule has 0 saturated carbocycles. The summed E-state index contributed by atoms with van der Waals surface area (Å²) in [5.74, 6) is -0.604. The lowest BCUT2D eigenvalue weighted by atomic mass is 10.1. The van der Waals surface area contributed by atoms with Crippen LogP contribution in [-0.2, 0) is 17.5 Å². The van der Waals surface area contributed by atoms with Crippen molar-refractivity contribution >= 4 is 40.0 Å². The van der Waals surface area contributed by atoms with Gasteiger partial charge in [-0.05, 0) is 75.1 Å². The Morgan fingerprint density at radius 2 is 1.79 bits per heavy atom. The number of hydrogen-bond donors (Lipinski definition) is 2. The predicted molar refractivity (Wildman–Crippen MR) is 140 cm³/mol. The van der Waals surface area contributed by atoms with Gasteiger partial charge in [-0.1, -0.05) is 23.7 Å². The average molecular weight is 544 g/mol. The summed E-state index contributed by atoms with van der Waals surface area (Å²) < 4.78 is 40.3. The number of rotatable bonds is 7. The monoisotopic (exact) mass is 543 g/mol. The third kappa shape index (κ3) is 5.81. The van der Waals surface area contributed by atoms with Crippen LogP contribution in [0.4, 0.5) is 18.9 Å². The molecule has 1 atom stereocenters. The SMILES string of the molecule is CC(C(=O)NCc1ccc(Cl)c(C(=O)Nc2cccc3c2cnn3-c2ccc(C(F)(F)F)cc2)c1)N(C)C. The van der Waals surface area contributed by atoms with E-state index in [4.69, 9.17) is 11.6 Å². The molecule has 2 amide bonds. The summed E-state index contributed by atoms with van der Waals surface area (Å²) in [6.07, 6.45) is -2.90. The molecule has 4 aromatic rings. The minimum absolute atomic E-state index is 0.146. The van der Waals surface area contributed by atoms with Gasteiger partial charge in [0.15, 0.2) is 0 Å². The van der Waals surface area contributed by atoms with E-state index in [0.29, 0.717) is 27.8 Å². The molecule has 2 N–H and O–H groups in total. The Hall–Kier alpha value is -3.89. The molecular weight excluding hydrogens is 519 g/mol. The van der Waals surface area contributed by atoms with Gasteiger partial charge in [-0.25, -0.2) is 4.68 Å². The number of halogens is 4. The van der Waals surface area contributed by atoms with Crippen molar-refractivity contribution in [2.24, 2.45) is 0 Å². The highest BCUT2D eigenvalue weighted by atomic mass is 35.5. The second-order valence-corrected chi connectivity index (χ2v) is 9.37. The maximum atomic E-state index is 13.2. The van der Waals surface area contributed by atoms with Crippen molar-refractivity contribution in [2.75, 3.05) is 19.4 Å². The molecule has 0 aliphatic heterocycles. The quantitative estimate of drug-likeness (QED) is 0.322. The Labute approximate surface area is 222 Å². The van der Waals surface area contributed by atoms with E-state index in [0.717, 1.165) is 12.1 Å². The minimum Gasteiger partial charge on any atom is -0.351 e. The Morgan fingerprint density at radius 3 is 2.45 bits per heavy atom. The second kappa shape index (κ2) is 10.8. The molecule has 0 aliphatic carbocycles. The lowest BCUT2D eigenvalue weighted by Gasteiger charge is -2.19. The summed E-state index contributed by atoms with van der Waals surface area (Å²) in [6, 6.07) is 14.4. The molecule has 1 heterocycles. The van der Waals surface area contributed by atoms with E-state index in [1.165, 1.54) is 23.0 Å². The van der Waals surface area contributed by atoms with Crippen molar-refractivity contribution < 1.29 is 22.8 Å². The molecule has 0 saturated heterocycles. The van der Waals surface area contributed by atoms with Crippen LogP contribution < -0.4 is 10.6 Å². The molecule has 0 bridgehead atoms. The first-order valence-electron chi connectivity index (χ1n) is 11.6. The van der Waals surface area contributed by atoms with Gasteiger partial charge >= 0.3 is 6.18 Å². The number of likely N-dealkylation sites (N-methyl/N-ethyl adjacent to an activating group) is 1. The maximum Gasteiger partial charge on any atom is 0.416 e. The first-order chi connectivity index (χ1) is 18.0. The number of carbonyl (C=O) groups is 2. The summed E-state index contributed by atoms with van der Waals surface area (Å²) in [4.78, 5) is 27.2. The number of hydrogen-bond acceptors (Lipinski definition) is 4. The molecule has 1 unspecified atom stereocenters.